The average molecular weight is 177 g/mol. The van der Waals surface area contributed by atoms with E-state index in [0.29, 0.717) is 5.71 Å². The van der Waals surface area contributed by atoms with Crippen LogP contribution in [0.4, 0.5) is 8.78 Å². The highest BCUT2D eigenvalue weighted by Crippen LogP contribution is 1.94. The zero-order valence-electron chi connectivity index (χ0n) is 7.14. The van der Waals surface area contributed by atoms with Crippen molar-refractivity contribution < 1.29 is 8.78 Å². The minimum absolute atomic E-state index is 0.0765. The van der Waals surface area contributed by atoms with Gasteiger partial charge in [-0.3, -0.25) is 0 Å². The molecule has 5 heteroatoms. The number of nitrogens with zero attached hydrogens (tertiary/aromatic N) is 1. The fourth-order valence-corrected chi connectivity index (χ4v) is 0.534. The van der Waals surface area contributed by atoms with E-state index in [2.05, 4.69) is 10.5 Å². The highest BCUT2D eigenvalue weighted by molar-refractivity contribution is 6.30. The molecule has 0 saturated carbocycles. The summed E-state index contributed by atoms with van der Waals surface area (Å²) in [6.07, 6.45) is -1.35. The maximum absolute atomic E-state index is 11.6. The van der Waals surface area contributed by atoms with Crippen molar-refractivity contribution in [1.82, 2.24) is 5.43 Å². The Morgan fingerprint density at radius 2 is 2.17 bits per heavy atom. The van der Waals surface area contributed by atoms with Crippen molar-refractivity contribution in [3.63, 3.8) is 0 Å². The van der Waals surface area contributed by atoms with Gasteiger partial charge in [-0.25, -0.2) is 8.78 Å². The predicted molar refractivity (Wildman–Crippen MR) is 45.1 cm³/mol. The van der Waals surface area contributed by atoms with Gasteiger partial charge in [-0.1, -0.05) is 13.8 Å². The lowest BCUT2D eigenvalue weighted by molar-refractivity contribution is 0.146. The summed E-state index contributed by atoms with van der Waals surface area (Å²) >= 11 is 0. The van der Waals surface area contributed by atoms with Crippen molar-refractivity contribution in [3.05, 3.63) is 0 Å². The van der Waals surface area contributed by atoms with Gasteiger partial charge in [0.1, 0.15) is 0 Å². The van der Waals surface area contributed by atoms with Gasteiger partial charge >= 0.3 is 0 Å². The van der Waals surface area contributed by atoms with E-state index in [9.17, 15) is 8.78 Å². The highest BCUT2D eigenvalue weighted by Gasteiger charge is 2.02. The molecule has 0 aromatic heterocycles. The molecule has 0 fully saturated rings. The molecule has 0 spiro atoms. The second-order valence-electron chi connectivity index (χ2n) is 2.59. The van der Waals surface area contributed by atoms with Crippen LogP contribution in [0.15, 0.2) is 5.10 Å². The topological polar surface area (TPSA) is 48.2 Å². The first-order chi connectivity index (χ1) is 5.57. The number of rotatable bonds is 5. The molecular formula is C7H13F2N3. The van der Waals surface area contributed by atoms with Crippen LogP contribution in [0.25, 0.3) is 0 Å². The van der Waals surface area contributed by atoms with E-state index in [-0.39, 0.29) is 5.92 Å². The first-order valence-electron chi connectivity index (χ1n) is 3.67. The molecule has 0 unspecified atom stereocenters. The lowest BCUT2D eigenvalue weighted by atomic mass is 10.1. The van der Waals surface area contributed by atoms with Crippen LogP contribution in [0.3, 0.4) is 0 Å². The molecule has 0 rings (SSSR count). The smallest absolute Gasteiger partial charge is 0.257 e. The number of hydrazone groups is 1. The summed E-state index contributed by atoms with van der Waals surface area (Å²) in [5.74, 6) is 0.0765. The third kappa shape index (κ3) is 4.76. The maximum atomic E-state index is 11.6. The summed E-state index contributed by atoms with van der Waals surface area (Å²) in [5.41, 5.74) is 2.67. The Bertz CT molecular complexity index is 166. The molecule has 0 saturated heterocycles. The van der Waals surface area contributed by atoms with Gasteiger partial charge in [0.15, 0.2) is 0 Å². The van der Waals surface area contributed by atoms with Crippen molar-refractivity contribution in [3.8, 4) is 0 Å². The first-order valence-corrected chi connectivity index (χ1v) is 3.67. The predicted octanol–water partition coefficient (Wildman–Crippen LogP) is 1.50. The van der Waals surface area contributed by atoms with Gasteiger partial charge in [-0.2, -0.15) is 5.10 Å². The molecule has 0 radical (unpaired) electrons. The number of hydrogen-bond acceptors (Lipinski definition) is 3. The second kappa shape index (κ2) is 5.62. The summed E-state index contributed by atoms with van der Waals surface area (Å²) in [6, 6.07) is 0. The molecule has 2 N–H and O–H groups in total. The van der Waals surface area contributed by atoms with Crippen LogP contribution in [0.2, 0.25) is 0 Å². The van der Waals surface area contributed by atoms with E-state index in [1.807, 2.05) is 13.8 Å². The third-order valence-corrected chi connectivity index (χ3v) is 1.19. The quantitative estimate of drug-likeness (QED) is 0.485. The SMILES string of the molecule is CC(C)/C(C=N)=N/NCC(F)F. The monoisotopic (exact) mass is 177 g/mol. The fraction of sp³-hybridized carbons (Fsp3) is 0.714. The van der Waals surface area contributed by atoms with Crippen molar-refractivity contribution >= 4 is 11.9 Å². The van der Waals surface area contributed by atoms with Crippen LogP contribution < -0.4 is 5.43 Å². The molecule has 70 valence electrons. The summed E-state index contributed by atoms with van der Waals surface area (Å²) in [6.45, 7) is 3.21. The maximum Gasteiger partial charge on any atom is 0.257 e. The Hall–Kier alpha value is -1.00. The van der Waals surface area contributed by atoms with Crippen LogP contribution in [-0.2, 0) is 0 Å². The molecule has 3 nitrogen and oxygen atoms in total. The minimum atomic E-state index is -2.41. The van der Waals surface area contributed by atoms with Crippen molar-refractivity contribution in [2.24, 2.45) is 11.0 Å². The zero-order chi connectivity index (χ0) is 9.56. The summed E-state index contributed by atoms with van der Waals surface area (Å²) < 4.78 is 23.2. The molecule has 0 aliphatic heterocycles. The van der Waals surface area contributed by atoms with Gasteiger partial charge in [0, 0.05) is 6.21 Å². The van der Waals surface area contributed by atoms with Crippen molar-refractivity contribution in [1.29, 1.82) is 5.41 Å². The summed E-state index contributed by atoms with van der Waals surface area (Å²) in [7, 11) is 0. The Morgan fingerprint density at radius 3 is 2.50 bits per heavy atom. The Balaban J connectivity index is 3.86. The van der Waals surface area contributed by atoms with Gasteiger partial charge in [0.25, 0.3) is 6.43 Å². The normalized spacial score (nSPS) is 12.3. The van der Waals surface area contributed by atoms with Crippen molar-refractivity contribution in [2.45, 2.75) is 20.3 Å². The molecular weight excluding hydrogens is 164 g/mol. The van der Waals surface area contributed by atoms with Crippen LogP contribution in [0.5, 0.6) is 0 Å². The molecule has 0 bridgehead atoms. The van der Waals surface area contributed by atoms with Gasteiger partial charge in [-0.15, -0.1) is 0 Å². The summed E-state index contributed by atoms with van der Waals surface area (Å²) in [4.78, 5) is 0. The lowest BCUT2D eigenvalue weighted by Crippen LogP contribution is -2.20. The average Bonchev–Trinajstić information content (AvgIpc) is 1.96. The molecule has 0 atom stereocenters. The molecule has 0 aliphatic rings. The van der Waals surface area contributed by atoms with Crippen molar-refractivity contribution in [2.75, 3.05) is 6.54 Å². The van der Waals surface area contributed by atoms with Crippen LogP contribution >= 0.6 is 0 Å². The van der Waals surface area contributed by atoms with Gasteiger partial charge < -0.3 is 10.8 Å². The lowest BCUT2D eigenvalue weighted by Gasteiger charge is -2.04. The number of halogens is 2. The number of nitrogens with one attached hydrogen (secondary N) is 2. The molecule has 0 aliphatic carbocycles. The number of hydrogen-bond donors (Lipinski definition) is 2. The molecule has 0 aromatic carbocycles. The van der Waals surface area contributed by atoms with Crippen LogP contribution in [0.1, 0.15) is 13.8 Å². The Labute approximate surface area is 70.4 Å². The standard InChI is InChI=1S/C7H13F2N3/c1-5(2)6(3-10)12-11-4-7(8)9/h3,5,7,10-11H,4H2,1-2H3/b10-3?,12-6+. The van der Waals surface area contributed by atoms with E-state index in [4.69, 9.17) is 5.41 Å². The second-order valence-corrected chi connectivity index (χ2v) is 2.59. The van der Waals surface area contributed by atoms with Gasteiger partial charge in [-0.05, 0) is 5.92 Å². The fourth-order valence-electron chi connectivity index (χ4n) is 0.534. The highest BCUT2D eigenvalue weighted by atomic mass is 19.3. The molecule has 12 heavy (non-hydrogen) atoms. The van der Waals surface area contributed by atoms with E-state index < -0.39 is 13.0 Å². The van der Waals surface area contributed by atoms with Crippen LogP contribution in [-0.4, -0.2) is 24.9 Å². The van der Waals surface area contributed by atoms with E-state index in [1.54, 1.807) is 0 Å². The third-order valence-electron chi connectivity index (χ3n) is 1.19. The Morgan fingerprint density at radius 1 is 1.58 bits per heavy atom. The van der Waals surface area contributed by atoms with Crippen LogP contribution in [0, 0.1) is 11.3 Å². The Kier molecular flexibility index (Phi) is 5.16. The van der Waals surface area contributed by atoms with Gasteiger partial charge in [0.2, 0.25) is 0 Å². The van der Waals surface area contributed by atoms with E-state index in [0.717, 1.165) is 6.21 Å². The first kappa shape index (κ1) is 11.0. The molecule has 0 aromatic rings. The molecule has 0 heterocycles. The van der Waals surface area contributed by atoms with Gasteiger partial charge in [0.05, 0.1) is 12.3 Å². The number of alkyl halides is 2. The molecule has 0 amide bonds. The largest absolute Gasteiger partial charge is 0.307 e. The van der Waals surface area contributed by atoms with E-state index >= 15 is 0 Å². The van der Waals surface area contributed by atoms with E-state index in [1.165, 1.54) is 0 Å². The summed E-state index contributed by atoms with van der Waals surface area (Å²) in [5, 5.41) is 10.5. The zero-order valence-corrected chi connectivity index (χ0v) is 7.14. The minimum Gasteiger partial charge on any atom is -0.307 e.